The van der Waals surface area contributed by atoms with Crippen molar-refractivity contribution in [3.63, 3.8) is 0 Å². The lowest BCUT2D eigenvalue weighted by Gasteiger charge is -2.08. The van der Waals surface area contributed by atoms with Crippen LogP contribution in [0.5, 0.6) is 0 Å². The van der Waals surface area contributed by atoms with E-state index < -0.39 is 10.0 Å². The molecule has 0 aliphatic heterocycles. The van der Waals surface area contributed by atoms with E-state index in [0.717, 1.165) is 12.2 Å². The molecule has 2 aromatic rings. The second-order valence-corrected chi connectivity index (χ2v) is 6.08. The summed E-state index contributed by atoms with van der Waals surface area (Å²) < 4.78 is 26.6. The fourth-order valence-electron chi connectivity index (χ4n) is 1.43. The molecule has 7 heteroatoms. The summed E-state index contributed by atoms with van der Waals surface area (Å²) in [5, 5.41) is 5.15. The highest BCUT2D eigenvalue weighted by atomic mass is 32.2. The van der Waals surface area contributed by atoms with Crippen LogP contribution in [0.15, 0.2) is 40.7 Å². The van der Waals surface area contributed by atoms with Crippen molar-refractivity contribution in [3.8, 4) is 0 Å². The van der Waals surface area contributed by atoms with Crippen LogP contribution in [0.4, 0.5) is 10.8 Å². The second kappa shape index (κ2) is 5.36. The normalized spacial score (nSPS) is 11.2. The van der Waals surface area contributed by atoms with E-state index in [4.69, 9.17) is 0 Å². The summed E-state index contributed by atoms with van der Waals surface area (Å²) >= 11 is 1.24. The van der Waals surface area contributed by atoms with Gasteiger partial charge in [0, 0.05) is 23.8 Å². The summed E-state index contributed by atoms with van der Waals surface area (Å²) in [5.74, 6) is 0. The van der Waals surface area contributed by atoms with E-state index in [1.54, 1.807) is 29.8 Å². The Kier molecular flexibility index (Phi) is 3.83. The fourth-order valence-corrected chi connectivity index (χ4v) is 3.26. The van der Waals surface area contributed by atoms with Gasteiger partial charge in [-0.25, -0.2) is 13.4 Å². The van der Waals surface area contributed by atoms with Crippen LogP contribution >= 0.6 is 11.3 Å². The summed E-state index contributed by atoms with van der Waals surface area (Å²) in [4.78, 5) is 4.12. The van der Waals surface area contributed by atoms with Crippen molar-refractivity contribution < 1.29 is 8.42 Å². The molecule has 1 aromatic carbocycles. The molecule has 2 N–H and O–H groups in total. The van der Waals surface area contributed by atoms with Crippen molar-refractivity contribution >= 4 is 32.2 Å². The highest BCUT2D eigenvalue weighted by molar-refractivity contribution is 7.93. The molecular weight excluding hydrogens is 270 g/mol. The standard InChI is InChI=1S/C11H13N3O2S2/c1-2-12-9-4-3-5-10(8-9)18(15,16)14-11-13-6-7-17-11/h3-8,12H,2H2,1H3,(H,13,14). The van der Waals surface area contributed by atoms with Gasteiger partial charge in [-0.05, 0) is 25.1 Å². The van der Waals surface area contributed by atoms with Crippen molar-refractivity contribution in [3.05, 3.63) is 35.8 Å². The van der Waals surface area contributed by atoms with Crippen LogP contribution < -0.4 is 10.0 Å². The van der Waals surface area contributed by atoms with E-state index >= 15 is 0 Å². The van der Waals surface area contributed by atoms with Gasteiger partial charge in [0.05, 0.1) is 4.90 Å². The Bertz CT molecular complexity index is 609. The molecule has 0 saturated carbocycles. The summed E-state index contributed by atoms with van der Waals surface area (Å²) in [5.41, 5.74) is 0.777. The summed E-state index contributed by atoms with van der Waals surface area (Å²) in [6.07, 6.45) is 1.55. The highest BCUT2D eigenvalue weighted by Crippen LogP contribution is 2.20. The average Bonchev–Trinajstić information content (AvgIpc) is 2.82. The average molecular weight is 283 g/mol. The minimum atomic E-state index is -3.57. The number of nitrogens with zero attached hydrogens (tertiary/aromatic N) is 1. The zero-order valence-corrected chi connectivity index (χ0v) is 11.4. The zero-order chi connectivity index (χ0) is 13.0. The lowest BCUT2D eigenvalue weighted by molar-refractivity contribution is 0.601. The third-order valence-electron chi connectivity index (χ3n) is 2.18. The molecule has 0 radical (unpaired) electrons. The molecule has 0 aliphatic rings. The lowest BCUT2D eigenvalue weighted by atomic mass is 10.3. The minimum absolute atomic E-state index is 0.219. The topological polar surface area (TPSA) is 71.1 Å². The molecule has 5 nitrogen and oxygen atoms in total. The molecule has 0 aliphatic carbocycles. The molecule has 0 bridgehead atoms. The molecule has 0 saturated heterocycles. The molecule has 0 spiro atoms. The molecule has 0 amide bonds. The van der Waals surface area contributed by atoms with Gasteiger partial charge in [0.2, 0.25) is 0 Å². The van der Waals surface area contributed by atoms with Crippen LogP contribution in [-0.2, 0) is 10.0 Å². The van der Waals surface area contributed by atoms with Crippen molar-refractivity contribution in [1.29, 1.82) is 0 Å². The molecular formula is C11H13N3O2S2. The number of hydrogen-bond donors (Lipinski definition) is 2. The summed E-state index contributed by atoms with van der Waals surface area (Å²) in [6, 6.07) is 6.68. The number of aromatic nitrogens is 1. The van der Waals surface area contributed by atoms with Crippen LogP contribution in [0.25, 0.3) is 0 Å². The predicted molar refractivity (Wildman–Crippen MR) is 73.5 cm³/mol. The van der Waals surface area contributed by atoms with Gasteiger partial charge in [-0.15, -0.1) is 11.3 Å². The van der Waals surface area contributed by atoms with Crippen LogP contribution in [0.3, 0.4) is 0 Å². The maximum atomic E-state index is 12.1. The maximum Gasteiger partial charge on any atom is 0.263 e. The number of anilines is 2. The lowest BCUT2D eigenvalue weighted by Crippen LogP contribution is -2.13. The van der Waals surface area contributed by atoms with Crippen molar-refractivity contribution in [1.82, 2.24) is 4.98 Å². The van der Waals surface area contributed by atoms with Crippen molar-refractivity contribution in [2.45, 2.75) is 11.8 Å². The number of benzene rings is 1. The third kappa shape index (κ3) is 2.99. The van der Waals surface area contributed by atoms with Gasteiger partial charge in [-0.1, -0.05) is 6.07 Å². The first-order valence-corrected chi connectivity index (χ1v) is 7.74. The Labute approximate surface area is 110 Å². The summed E-state index contributed by atoms with van der Waals surface area (Å²) in [6.45, 7) is 2.69. The highest BCUT2D eigenvalue weighted by Gasteiger charge is 2.15. The monoisotopic (exact) mass is 283 g/mol. The molecule has 2 rings (SSSR count). The third-order valence-corrected chi connectivity index (χ3v) is 4.33. The number of rotatable bonds is 5. The zero-order valence-electron chi connectivity index (χ0n) is 9.75. The first-order chi connectivity index (χ1) is 8.62. The Morgan fingerprint density at radius 3 is 2.89 bits per heavy atom. The Morgan fingerprint density at radius 2 is 2.22 bits per heavy atom. The quantitative estimate of drug-likeness (QED) is 0.883. The first-order valence-electron chi connectivity index (χ1n) is 5.38. The fraction of sp³-hybridized carbons (Fsp3) is 0.182. The first kappa shape index (κ1) is 12.8. The molecule has 0 fully saturated rings. The van der Waals surface area contributed by atoms with Gasteiger partial charge in [0.25, 0.3) is 10.0 Å². The SMILES string of the molecule is CCNc1cccc(S(=O)(=O)Nc2nccs2)c1. The van der Waals surface area contributed by atoms with Crippen LogP contribution in [0.1, 0.15) is 6.92 Å². The predicted octanol–water partition coefficient (Wildman–Crippen LogP) is 2.38. The van der Waals surface area contributed by atoms with E-state index in [1.165, 1.54) is 11.3 Å². The Morgan fingerprint density at radius 1 is 1.39 bits per heavy atom. The molecule has 1 heterocycles. The Balaban J connectivity index is 2.26. The van der Waals surface area contributed by atoms with E-state index in [-0.39, 0.29) is 4.90 Å². The van der Waals surface area contributed by atoms with Crippen molar-refractivity contribution in [2.75, 3.05) is 16.6 Å². The molecule has 96 valence electrons. The molecule has 0 atom stereocenters. The smallest absolute Gasteiger partial charge is 0.263 e. The van der Waals surface area contributed by atoms with E-state index in [2.05, 4.69) is 15.0 Å². The minimum Gasteiger partial charge on any atom is -0.385 e. The number of hydrogen-bond acceptors (Lipinski definition) is 5. The van der Waals surface area contributed by atoms with Gasteiger partial charge in [0.1, 0.15) is 0 Å². The largest absolute Gasteiger partial charge is 0.385 e. The van der Waals surface area contributed by atoms with Crippen molar-refractivity contribution in [2.24, 2.45) is 0 Å². The van der Waals surface area contributed by atoms with Crippen LogP contribution in [0.2, 0.25) is 0 Å². The Hall–Kier alpha value is -1.60. The summed E-state index contributed by atoms with van der Waals surface area (Å²) in [7, 11) is -3.57. The second-order valence-electron chi connectivity index (χ2n) is 3.50. The van der Waals surface area contributed by atoms with Gasteiger partial charge >= 0.3 is 0 Å². The number of sulfonamides is 1. The molecule has 0 unspecified atom stereocenters. The maximum absolute atomic E-state index is 12.1. The van der Waals surface area contributed by atoms with Crippen LogP contribution in [-0.4, -0.2) is 19.9 Å². The van der Waals surface area contributed by atoms with Gasteiger partial charge in [-0.3, -0.25) is 4.72 Å². The molecule has 18 heavy (non-hydrogen) atoms. The number of nitrogens with one attached hydrogen (secondary N) is 2. The van der Waals surface area contributed by atoms with Gasteiger partial charge in [0.15, 0.2) is 5.13 Å². The number of thiazole rings is 1. The van der Waals surface area contributed by atoms with E-state index in [1.807, 2.05) is 13.0 Å². The van der Waals surface area contributed by atoms with Gasteiger partial charge in [-0.2, -0.15) is 0 Å². The van der Waals surface area contributed by atoms with Gasteiger partial charge < -0.3 is 5.32 Å². The van der Waals surface area contributed by atoms with E-state index in [0.29, 0.717) is 5.13 Å². The van der Waals surface area contributed by atoms with E-state index in [9.17, 15) is 8.42 Å². The van der Waals surface area contributed by atoms with Crippen LogP contribution in [0, 0.1) is 0 Å². The molecule has 1 aromatic heterocycles.